The fourth-order valence-corrected chi connectivity index (χ4v) is 4.36. The van der Waals surface area contributed by atoms with Crippen LogP contribution in [0.25, 0.3) is 20.8 Å². The monoisotopic (exact) mass is 383 g/mol. The SMILES string of the molecule is Nc1c(C(=O)Nc2ccc(P)cc2)sc2nc(-c3cccs3)ccc12. The molecule has 124 valence electrons. The van der Waals surface area contributed by atoms with Crippen molar-refractivity contribution in [3.05, 3.63) is 58.8 Å². The van der Waals surface area contributed by atoms with Gasteiger partial charge < -0.3 is 11.1 Å². The zero-order valence-electron chi connectivity index (χ0n) is 13.0. The third-order valence-corrected chi connectivity index (χ3v) is 6.13. The molecule has 0 spiro atoms. The number of carbonyl (C=O) groups is 1. The van der Waals surface area contributed by atoms with E-state index in [9.17, 15) is 4.79 Å². The molecule has 3 heterocycles. The van der Waals surface area contributed by atoms with E-state index in [0.717, 1.165) is 31.8 Å². The Hall–Kier alpha value is -2.27. The van der Waals surface area contributed by atoms with Crippen molar-refractivity contribution in [2.45, 2.75) is 0 Å². The van der Waals surface area contributed by atoms with Crippen molar-refractivity contribution in [1.82, 2.24) is 4.98 Å². The highest BCUT2D eigenvalue weighted by Gasteiger charge is 2.18. The Bertz CT molecular complexity index is 1060. The zero-order valence-corrected chi connectivity index (χ0v) is 15.8. The average Bonchev–Trinajstić information content (AvgIpc) is 3.25. The van der Waals surface area contributed by atoms with E-state index in [0.29, 0.717) is 10.6 Å². The molecule has 25 heavy (non-hydrogen) atoms. The number of nitrogens with one attached hydrogen (secondary N) is 1. The van der Waals surface area contributed by atoms with E-state index in [4.69, 9.17) is 5.73 Å². The predicted octanol–water partition coefficient (Wildman–Crippen LogP) is 4.36. The lowest BCUT2D eigenvalue weighted by atomic mass is 10.2. The van der Waals surface area contributed by atoms with Crippen LogP contribution in [0.15, 0.2) is 53.9 Å². The number of anilines is 2. The van der Waals surface area contributed by atoms with E-state index in [1.54, 1.807) is 11.3 Å². The molecule has 0 aliphatic rings. The number of benzene rings is 1. The summed E-state index contributed by atoms with van der Waals surface area (Å²) in [6.07, 6.45) is 0. The molecule has 0 saturated carbocycles. The molecule has 3 N–H and O–H groups in total. The van der Waals surface area contributed by atoms with Crippen LogP contribution >= 0.6 is 31.9 Å². The van der Waals surface area contributed by atoms with Crippen LogP contribution in [0.3, 0.4) is 0 Å². The van der Waals surface area contributed by atoms with Crippen LogP contribution in [0.4, 0.5) is 11.4 Å². The van der Waals surface area contributed by atoms with Gasteiger partial charge in [-0.1, -0.05) is 18.2 Å². The zero-order chi connectivity index (χ0) is 17.4. The molecule has 4 nitrogen and oxygen atoms in total. The van der Waals surface area contributed by atoms with Crippen molar-refractivity contribution in [3.63, 3.8) is 0 Å². The Balaban J connectivity index is 1.68. The van der Waals surface area contributed by atoms with Crippen LogP contribution in [0.5, 0.6) is 0 Å². The fraction of sp³-hybridized carbons (Fsp3) is 0. The first-order chi connectivity index (χ1) is 12.1. The van der Waals surface area contributed by atoms with Gasteiger partial charge in [-0.25, -0.2) is 4.98 Å². The summed E-state index contributed by atoms with van der Waals surface area (Å²) in [4.78, 5) is 19.6. The largest absolute Gasteiger partial charge is 0.397 e. The van der Waals surface area contributed by atoms with E-state index >= 15 is 0 Å². The van der Waals surface area contributed by atoms with Gasteiger partial charge in [-0.2, -0.15) is 0 Å². The number of rotatable bonds is 3. The van der Waals surface area contributed by atoms with E-state index in [1.165, 1.54) is 11.3 Å². The first-order valence-electron chi connectivity index (χ1n) is 7.51. The van der Waals surface area contributed by atoms with Crippen LogP contribution in [0.2, 0.25) is 0 Å². The molecule has 0 fully saturated rings. The van der Waals surface area contributed by atoms with Gasteiger partial charge in [-0.15, -0.1) is 31.9 Å². The molecule has 4 aromatic rings. The quantitative estimate of drug-likeness (QED) is 0.517. The van der Waals surface area contributed by atoms with Crippen LogP contribution in [0.1, 0.15) is 9.67 Å². The number of nitrogens with two attached hydrogens (primary N) is 1. The number of carbonyl (C=O) groups excluding carboxylic acids is 1. The highest BCUT2D eigenvalue weighted by molar-refractivity contribution is 7.27. The van der Waals surface area contributed by atoms with Gasteiger partial charge in [0.05, 0.1) is 16.3 Å². The van der Waals surface area contributed by atoms with Crippen LogP contribution in [-0.4, -0.2) is 10.9 Å². The average molecular weight is 383 g/mol. The summed E-state index contributed by atoms with van der Waals surface area (Å²) in [5, 5.41) is 6.78. The summed E-state index contributed by atoms with van der Waals surface area (Å²) < 4.78 is 0. The van der Waals surface area contributed by atoms with Gasteiger partial charge in [-0.3, -0.25) is 4.79 Å². The van der Waals surface area contributed by atoms with Gasteiger partial charge in [-0.05, 0) is 41.0 Å². The standard InChI is InChI=1S/C18H14N3OPS2/c19-15-12-7-8-13(14-2-1-9-24-14)21-18(12)25-16(15)17(22)20-10-3-5-11(23)6-4-10/h1-9H,19,23H2,(H,20,22). The van der Waals surface area contributed by atoms with E-state index < -0.39 is 0 Å². The third kappa shape index (κ3) is 3.16. The number of hydrogen-bond acceptors (Lipinski definition) is 5. The van der Waals surface area contributed by atoms with E-state index in [1.807, 2.05) is 53.9 Å². The Morgan fingerprint density at radius 3 is 2.64 bits per heavy atom. The molecule has 4 rings (SSSR count). The molecule has 0 aliphatic carbocycles. The number of nitrogen functional groups attached to an aromatic ring is 1. The van der Waals surface area contributed by atoms with Gasteiger partial charge in [0, 0.05) is 11.1 Å². The molecule has 0 aliphatic heterocycles. The third-order valence-electron chi connectivity index (χ3n) is 3.74. The lowest BCUT2D eigenvalue weighted by molar-refractivity contribution is 0.103. The minimum Gasteiger partial charge on any atom is -0.397 e. The van der Waals surface area contributed by atoms with Crippen LogP contribution in [0, 0.1) is 0 Å². The Morgan fingerprint density at radius 2 is 1.92 bits per heavy atom. The van der Waals surface area contributed by atoms with Crippen molar-refractivity contribution < 1.29 is 4.79 Å². The lowest BCUT2D eigenvalue weighted by Crippen LogP contribution is -2.12. The molecule has 7 heteroatoms. The molecule has 1 aromatic carbocycles. The number of fused-ring (bicyclic) bond motifs is 1. The maximum atomic E-state index is 12.6. The summed E-state index contributed by atoms with van der Waals surface area (Å²) in [7, 11) is 2.62. The highest BCUT2D eigenvalue weighted by atomic mass is 32.1. The Morgan fingerprint density at radius 1 is 1.12 bits per heavy atom. The van der Waals surface area contributed by atoms with Crippen LogP contribution in [-0.2, 0) is 0 Å². The predicted molar refractivity (Wildman–Crippen MR) is 111 cm³/mol. The lowest BCUT2D eigenvalue weighted by Gasteiger charge is -2.04. The molecular formula is C18H14N3OPS2. The molecule has 1 unspecified atom stereocenters. The Kier molecular flexibility index (Phi) is 4.25. The smallest absolute Gasteiger partial charge is 0.267 e. The van der Waals surface area contributed by atoms with E-state index in [-0.39, 0.29) is 5.91 Å². The second kappa shape index (κ2) is 6.56. The Labute approximate surface area is 154 Å². The van der Waals surface area contributed by atoms with Crippen LogP contribution < -0.4 is 16.4 Å². The minimum atomic E-state index is -0.213. The number of hydrogen-bond donors (Lipinski definition) is 2. The minimum absolute atomic E-state index is 0.213. The maximum absolute atomic E-state index is 12.6. The molecule has 0 saturated heterocycles. The fourth-order valence-electron chi connectivity index (χ4n) is 2.48. The summed E-state index contributed by atoms with van der Waals surface area (Å²) >= 11 is 2.95. The second-order valence-corrected chi connectivity index (χ2v) is 8.06. The van der Waals surface area contributed by atoms with E-state index in [2.05, 4.69) is 19.5 Å². The number of aromatic nitrogens is 1. The van der Waals surface area contributed by atoms with Crippen molar-refractivity contribution in [2.24, 2.45) is 0 Å². The molecule has 3 aromatic heterocycles. The number of thiophene rings is 2. The molecule has 0 radical (unpaired) electrons. The van der Waals surface area contributed by atoms with Gasteiger partial charge >= 0.3 is 0 Å². The molecular weight excluding hydrogens is 369 g/mol. The topological polar surface area (TPSA) is 68.0 Å². The number of amides is 1. The summed E-state index contributed by atoms with van der Waals surface area (Å²) in [6, 6.07) is 15.5. The van der Waals surface area contributed by atoms with Gasteiger partial charge in [0.25, 0.3) is 5.91 Å². The van der Waals surface area contributed by atoms with Gasteiger partial charge in [0.2, 0.25) is 0 Å². The summed E-state index contributed by atoms with van der Waals surface area (Å²) in [5.74, 6) is -0.213. The van der Waals surface area contributed by atoms with Crippen molar-refractivity contribution in [3.8, 4) is 10.6 Å². The normalized spacial score (nSPS) is 10.9. The summed E-state index contributed by atoms with van der Waals surface area (Å²) in [5.41, 5.74) is 8.30. The highest BCUT2D eigenvalue weighted by Crippen LogP contribution is 2.35. The molecule has 1 amide bonds. The maximum Gasteiger partial charge on any atom is 0.267 e. The van der Waals surface area contributed by atoms with Gasteiger partial charge in [0.15, 0.2) is 0 Å². The first-order valence-corrected chi connectivity index (χ1v) is 9.79. The number of pyridine rings is 1. The summed E-state index contributed by atoms with van der Waals surface area (Å²) in [6.45, 7) is 0. The van der Waals surface area contributed by atoms with Crippen molar-refractivity contribution in [2.75, 3.05) is 11.1 Å². The van der Waals surface area contributed by atoms with Gasteiger partial charge in [0.1, 0.15) is 9.71 Å². The number of nitrogens with zero attached hydrogens (tertiary/aromatic N) is 1. The van der Waals surface area contributed by atoms with Crippen molar-refractivity contribution in [1.29, 1.82) is 0 Å². The first kappa shape index (κ1) is 16.2. The van der Waals surface area contributed by atoms with Crippen molar-refractivity contribution >= 4 is 64.7 Å². The second-order valence-electron chi connectivity index (χ2n) is 5.45. The molecule has 0 bridgehead atoms. The molecule has 1 atom stereocenters.